The van der Waals surface area contributed by atoms with Gasteiger partial charge in [0.25, 0.3) is 5.91 Å². The Morgan fingerprint density at radius 2 is 2.35 bits per heavy atom. The van der Waals surface area contributed by atoms with E-state index in [9.17, 15) is 4.79 Å². The number of tetrazole rings is 1. The predicted octanol–water partition coefficient (Wildman–Crippen LogP) is -0.240. The fourth-order valence-electron chi connectivity index (χ4n) is 1.12. The van der Waals surface area contributed by atoms with Gasteiger partial charge in [-0.1, -0.05) is 16.8 Å². The lowest BCUT2D eigenvalue weighted by atomic mass is 10.3. The van der Waals surface area contributed by atoms with Crippen molar-refractivity contribution in [2.24, 2.45) is 0 Å². The number of nitrogens with zero attached hydrogens (tertiary/aromatic N) is 4. The molecule has 0 aliphatic heterocycles. The van der Waals surface area contributed by atoms with E-state index in [4.69, 9.17) is 17.3 Å². The fourth-order valence-corrected chi connectivity index (χ4v) is 1.31. The second kappa shape index (κ2) is 4.74. The molecule has 8 nitrogen and oxygen atoms in total. The summed E-state index contributed by atoms with van der Waals surface area (Å²) >= 11 is 5.82. The zero-order chi connectivity index (χ0) is 12.3. The van der Waals surface area contributed by atoms with E-state index in [1.54, 1.807) is 0 Å². The Hall–Kier alpha value is -2.22. The van der Waals surface area contributed by atoms with Crippen molar-refractivity contribution < 1.29 is 4.79 Å². The molecule has 0 saturated heterocycles. The van der Waals surface area contributed by atoms with E-state index in [0.717, 1.165) is 0 Å². The van der Waals surface area contributed by atoms with Crippen molar-refractivity contribution in [2.75, 3.05) is 5.73 Å². The SMILES string of the molecule is Nc1ccc(Cl)c(C(=O)NCc2nn[nH]n2)n1. The van der Waals surface area contributed by atoms with Crippen molar-refractivity contribution in [3.8, 4) is 0 Å². The normalized spacial score (nSPS) is 10.2. The zero-order valence-corrected chi connectivity index (χ0v) is 9.27. The first kappa shape index (κ1) is 11.3. The highest BCUT2D eigenvalue weighted by Gasteiger charge is 2.13. The molecule has 88 valence electrons. The third-order valence-electron chi connectivity index (χ3n) is 1.88. The molecule has 0 aromatic carbocycles. The lowest BCUT2D eigenvalue weighted by Gasteiger charge is -2.04. The average molecular weight is 254 g/mol. The number of hydrogen-bond acceptors (Lipinski definition) is 6. The average Bonchev–Trinajstić information content (AvgIpc) is 2.82. The number of aromatic amines is 1. The minimum atomic E-state index is -0.452. The molecule has 1 amide bonds. The van der Waals surface area contributed by atoms with Gasteiger partial charge in [-0.15, -0.1) is 10.2 Å². The van der Waals surface area contributed by atoms with Crippen LogP contribution in [-0.4, -0.2) is 31.5 Å². The van der Waals surface area contributed by atoms with E-state index in [1.165, 1.54) is 12.1 Å². The lowest BCUT2D eigenvalue weighted by molar-refractivity contribution is 0.0945. The first-order chi connectivity index (χ1) is 8.16. The monoisotopic (exact) mass is 253 g/mol. The molecule has 9 heteroatoms. The van der Waals surface area contributed by atoms with Gasteiger partial charge in [-0.05, 0) is 12.1 Å². The van der Waals surface area contributed by atoms with Crippen molar-refractivity contribution in [2.45, 2.75) is 6.54 Å². The molecule has 0 atom stereocenters. The van der Waals surface area contributed by atoms with E-state index in [2.05, 4.69) is 30.9 Å². The Balaban J connectivity index is 2.07. The molecule has 0 bridgehead atoms. The summed E-state index contributed by atoms with van der Waals surface area (Å²) in [7, 11) is 0. The van der Waals surface area contributed by atoms with E-state index < -0.39 is 5.91 Å². The number of amides is 1. The summed E-state index contributed by atoms with van der Waals surface area (Å²) in [6.45, 7) is 0.127. The molecule has 2 aromatic rings. The molecule has 0 aliphatic carbocycles. The van der Waals surface area contributed by atoms with Gasteiger partial charge in [-0.2, -0.15) is 5.21 Å². The Bertz CT molecular complexity index is 527. The minimum absolute atomic E-state index is 0.0650. The van der Waals surface area contributed by atoms with Crippen molar-refractivity contribution in [3.63, 3.8) is 0 Å². The van der Waals surface area contributed by atoms with Crippen LogP contribution in [0.1, 0.15) is 16.3 Å². The Kier molecular flexibility index (Phi) is 3.15. The highest BCUT2D eigenvalue weighted by molar-refractivity contribution is 6.33. The topological polar surface area (TPSA) is 122 Å². The predicted molar refractivity (Wildman–Crippen MR) is 59.0 cm³/mol. The molecule has 0 radical (unpaired) electrons. The van der Waals surface area contributed by atoms with E-state index >= 15 is 0 Å². The molecule has 0 spiro atoms. The molecular formula is C8H8ClN7O. The van der Waals surface area contributed by atoms with Crippen LogP contribution in [0.2, 0.25) is 5.02 Å². The van der Waals surface area contributed by atoms with Crippen molar-refractivity contribution in [1.29, 1.82) is 0 Å². The van der Waals surface area contributed by atoms with Crippen LogP contribution in [0.15, 0.2) is 12.1 Å². The van der Waals surface area contributed by atoms with E-state index in [0.29, 0.717) is 5.82 Å². The van der Waals surface area contributed by atoms with Crippen molar-refractivity contribution in [3.05, 3.63) is 28.7 Å². The lowest BCUT2D eigenvalue weighted by Crippen LogP contribution is -2.25. The summed E-state index contributed by atoms with van der Waals surface area (Å²) in [6.07, 6.45) is 0. The minimum Gasteiger partial charge on any atom is -0.384 e. The molecule has 0 aliphatic rings. The van der Waals surface area contributed by atoms with Crippen LogP contribution in [0.25, 0.3) is 0 Å². The number of aromatic nitrogens is 5. The van der Waals surface area contributed by atoms with Gasteiger partial charge in [0.2, 0.25) is 0 Å². The van der Waals surface area contributed by atoms with Crippen LogP contribution in [-0.2, 0) is 6.54 Å². The second-order valence-corrected chi connectivity index (χ2v) is 3.48. The van der Waals surface area contributed by atoms with Gasteiger partial charge < -0.3 is 11.1 Å². The Morgan fingerprint density at radius 3 is 3.06 bits per heavy atom. The molecule has 4 N–H and O–H groups in total. The summed E-state index contributed by atoms with van der Waals surface area (Å²) in [5.41, 5.74) is 5.53. The second-order valence-electron chi connectivity index (χ2n) is 3.08. The number of halogens is 1. The summed E-state index contributed by atoms with van der Waals surface area (Å²) < 4.78 is 0. The maximum absolute atomic E-state index is 11.7. The van der Waals surface area contributed by atoms with Gasteiger partial charge in [0, 0.05) is 0 Å². The van der Waals surface area contributed by atoms with E-state index in [-0.39, 0.29) is 23.1 Å². The number of carbonyl (C=O) groups is 1. The molecule has 0 saturated carbocycles. The quantitative estimate of drug-likeness (QED) is 0.694. The van der Waals surface area contributed by atoms with Crippen LogP contribution >= 0.6 is 11.6 Å². The highest BCUT2D eigenvalue weighted by Crippen LogP contribution is 2.14. The maximum Gasteiger partial charge on any atom is 0.271 e. The molecule has 17 heavy (non-hydrogen) atoms. The number of nitrogen functional groups attached to an aromatic ring is 1. The summed E-state index contributed by atoms with van der Waals surface area (Å²) in [4.78, 5) is 15.6. The van der Waals surface area contributed by atoms with Crippen molar-refractivity contribution >= 4 is 23.3 Å². The molecular weight excluding hydrogens is 246 g/mol. The summed E-state index contributed by atoms with van der Waals surface area (Å²) in [6, 6.07) is 3.02. The third kappa shape index (κ3) is 2.67. The van der Waals surface area contributed by atoms with E-state index in [1.807, 2.05) is 0 Å². The number of carbonyl (C=O) groups excluding carboxylic acids is 1. The number of nitrogens with two attached hydrogens (primary N) is 1. The standard InChI is InChI=1S/C8H8ClN7O/c9-4-1-2-5(10)12-7(4)8(17)11-3-6-13-15-16-14-6/h1-2H,3H2,(H2,10,12)(H,11,17)(H,13,14,15,16). The van der Waals surface area contributed by atoms with Gasteiger partial charge in [0.1, 0.15) is 11.5 Å². The first-order valence-corrected chi connectivity index (χ1v) is 4.97. The van der Waals surface area contributed by atoms with Crippen LogP contribution in [0, 0.1) is 0 Å². The first-order valence-electron chi connectivity index (χ1n) is 4.59. The number of nitrogens with one attached hydrogen (secondary N) is 2. The maximum atomic E-state index is 11.7. The van der Waals surface area contributed by atoms with Crippen LogP contribution in [0.5, 0.6) is 0 Å². The number of hydrogen-bond donors (Lipinski definition) is 3. The molecule has 2 aromatic heterocycles. The molecule has 2 heterocycles. The number of pyridine rings is 1. The number of H-pyrrole nitrogens is 1. The summed E-state index contributed by atoms with van der Waals surface area (Å²) in [5.74, 6) is 0.129. The summed E-state index contributed by atoms with van der Waals surface area (Å²) in [5, 5.41) is 15.8. The fraction of sp³-hybridized carbons (Fsp3) is 0.125. The van der Waals surface area contributed by atoms with Crippen LogP contribution in [0.4, 0.5) is 5.82 Å². The smallest absolute Gasteiger partial charge is 0.271 e. The molecule has 0 fully saturated rings. The van der Waals surface area contributed by atoms with Gasteiger partial charge in [0.15, 0.2) is 5.82 Å². The largest absolute Gasteiger partial charge is 0.384 e. The highest BCUT2D eigenvalue weighted by atomic mass is 35.5. The zero-order valence-electron chi connectivity index (χ0n) is 8.51. The molecule has 2 rings (SSSR count). The van der Waals surface area contributed by atoms with Gasteiger partial charge in [-0.25, -0.2) is 4.98 Å². The van der Waals surface area contributed by atoms with Crippen LogP contribution in [0.3, 0.4) is 0 Å². The molecule has 0 unspecified atom stereocenters. The van der Waals surface area contributed by atoms with Crippen molar-refractivity contribution in [1.82, 2.24) is 30.9 Å². The van der Waals surface area contributed by atoms with Crippen LogP contribution < -0.4 is 11.1 Å². The van der Waals surface area contributed by atoms with Gasteiger partial charge in [-0.3, -0.25) is 4.79 Å². The number of anilines is 1. The number of rotatable bonds is 3. The van der Waals surface area contributed by atoms with Gasteiger partial charge in [0.05, 0.1) is 11.6 Å². The third-order valence-corrected chi connectivity index (χ3v) is 2.18. The Morgan fingerprint density at radius 1 is 1.53 bits per heavy atom. The van der Waals surface area contributed by atoms with Gasteiger partial charge >= 0.3 is 0 Å². The Labute approximate surface area is 101 Å².